The van der Waals surface area contributed by atoms with Crippen LogP contribution in [-0.2, 0) is 47.9 Å². The van der Waals surface area contributed by atoms with Gasteiger partial charge in [0.2, 0.25) is 23.6 Å². The Morgan fingerprint density at radius 3 is 1.72 bits per heavy atom. The number of aromatic hydroxyl groups is 1. The molecule has 1 aliphatic carbocycles. The maximum absolute atomic E-state index is 14.3. The molecule has 0 aromatic heterocycles. The summed E-state index contributed by atoms with van der Waals surface area (Å²) in [7, 11) is 2.98. The normalized spacial score (nSPS) is 18.8. The van der Waals surface area contributed by atoms with Crippen molar-refractivity contribution in [1.82, 2.24) is 16.0 Å². The molecule has 12 heteroatoms. The first-order valence-corrected chi connectivity index (χ1v) is 15.4. The quantitative estimate of drug-likeness (QED) is 0.140. The number of phenols is 1. The van der Waals surface area contributed by atoms with Crippen LogP contribution in [-0.4, -0.2) is 78.8 Å². The Morgan fingerprint density at radius 2 is 1.23 bits per heavy atom. The molecular weight excluding hydrogens is 602 g/mol. The van der Waals surface area contributed by atoms with E-state index < -0.39 is 59.5 Å². The maximum atomic E-state index is 14.3. The van der Waals surface area contributed by atoms with Crippen LogP contribution < -0.4 is 27.4 Å². The Kier molecular flexibility index (Phi) is 12.1. The first kappa shape index (κ1) is 35.1. The van der Waals surface area contributed by atoms with Gasteiger partial charge >= 0.3 is 0 Å². The first-order valence-electron chi connectivity index (χ1n) is 15.4. The summed E-state index contributed by atoms with van der Waals surface area (Å²) < 4.78 is 11.2. The molecule has 3 aromatic carbocycles. The highest BCUT2D eigenvalue weighted by atomic mass is 16.5. The summed E-state index contributed by atoms with van der Waals surface area (Å²) in [6, 6.07) is 21.3. The second kappa shape index (κ2) is 16.2. The summed E-state index contributed by atoms with van der Waals surface area (Å²) in [4.78, 5) is 54.0. The second-order valence-corrected chi connectivity index (χ2v) is 11.9. The smallest absolute Gasteiger partial charge is 0.246 e. The Labute approximate surface area is 274 Å². The average Bonchev–Trinajstić information content (AvgIpc) is 3.44. The monoisotopic (exact) mass is 645 g/mol. The van der Waals surface area contributed by atoms with E-state index in [4.69, 9.17) is 20.9 Å². The summed E-state index contributed by atoms with van der Waals surface area (Å²) in [6.45, 7) is 0. The van der Waals surface area contributed by atoms with Crippen LogP contribution in [0.5, 0.6) is 5.75 Å². The molecule has 1 fully saturated rings. The summed E-state index contributed by atoms with van der Waals surface area (Å²) >= 11 is 0. The maximum Gasteiger partial charge on any atom is 0.246 e. The fourth-order valence-electron chi connectivity index (χ4n) is 5.86. The fourth-order valence-corrected chi connectivity index (χ4v) is 5.86. The molecule has 1 saturated carbocycles. The van der Waals surface area contributed by atoms with Gasteiger partial charge in [-0.25, -0.2) is 0 Å². The molecule has 8 N–H and O–H groups in total. The summed E-state index contributed by atoms with van der Waals surface area (Å²) in [6.07, 6.45) is -0.539. The number of nitrogens with one attached hydrogen (secondary N) is 3. The topological polar surface area (TPSA) is 195 Å². The van der Waals surface area contributed by atoms with Crippen LogP contribution in [0.15, 0.2) is 84.9 Å². The standard InChI is InChI=1S/C35H43N5O7/c1-46-29-20-35(21-30(29)47-2,40-32(43)26(36)17-24-13-15-25(41)16-14-24)34(45)39-28(19-23-11-7-4-8-12-23)33(44)38-27(31(37)42)18-22-9-5-3-6-10-22/h3-16,26-30,41H,17-21,36H2,1-2H3,(H2,37,42)(H,38,44)(H,39,45)(H,40,43)/t26-,27-,28-,29-,30-/m0/s1. The third-order valence-corrected chi connectivity index (χ3v) is 8.49. The van der Waals surface area contributed by atoms with Crippen molar-refractivity contribution in [2.45, 2.75) is 68.0 Å². The lowest BCUT2D eigenvalue weighted by atomic mass is 9.93. The molecule has 5 atom stereocenters. The predicted octanol–water partition coefficient (Wildman–Crippen LogP) is 0.881. The van der Waals surface area contributed by atoms with Crippen molar-refractivity contribution in [2.24, 2.45) is 11.5 Å². The molecule has 0 radical (unpaired) electrons. The molecule has 1 aliphatic rings. The van der Waals surface area contributed by atoms with Crippen molar-refractivity contribution in [3.8, 4) is 5.75 Å². The van der Waals surface area contributed by atoms with Gasteiger partial charge in [-0.2, -0.15) is 0 Å². The van der Waals surface area contributed by atoms with Gasteiger partial charge in [-0.3, -0.25) is 19.2 Å². The van der Waals surface area contributed by atoms with Gasteiger partial charge in [0.25, 0.3) is 0 Å². The minimum absolute atomic E-state index is 0.0586. The average molecular weight is 646 g/mol. The highest BCUT2D eigenvalue weighted by Gasteiger charge is 2.53. The number of primary amides is 1. The number of carbonyl (C=O) groups is 4. The molecular formula is C35H43N5O7. The van der Waals surface area contributed by atoms with Gasteiger partial charge in [-0.1, -0.05) is 72.8 Å². The van der Waals surface area contributed by atoms with Gasteiger partial charge in [0, 0.05) is 39.9 Å². The van der Waals surface area contributed by atoms with E-state index in [2.05, 4.69) is 16.0 Å². The van der Waals surface area contributed by atoms with E-state index in [0.29, 0.717) is 0 Å². The summed E-state index contributed by atoms with van der Waals surface area (Å²) in [5, 5.41) is 18.0. The zero-order valence-electron chi connectivity index (χ0n) is 26.6. The van der Waals surface area contributed by atoms with E-state index in [-0.39, 0.29) is 37.9 Å². The third kappa shape index (κ3) is 9.38. The number of benzene rings is 3. The van der Waals surface area contributed by atoms with Gasteiger partial charge < -0.3 is 42.0 Å². The SMILES string of the molecule is CO[C@H]1CC(NC(=O)[C@@H](N)Cc2ccc(O)cc2)(C(=O)N[C@@H](Cc2ccccc2)C(=O)N[C@@H](Cc2ccccc2)C(N)=O)C[C@@H]1OC. The third-order valence-electron chi connectivity index (χ3n) is 8.49. The molecule has 0 heterocycles. The van der Waals surface area contributed by atoms with E-state index in [9.17, 15) is 24.3 Å². The predicted molar refractivity (Wildman–Crippen MR) is 175 cm³/mol. The number of hydrogen-bond acceptors (Lipinski definition) is 8. The zero-order chi connectivity index (χ0) is 34.0. The Morgan fingerprint density at radius 1 is 0.745 bits per heavy atom. The molecule has 4 rings (SSSR count). The minimum atomic E-state index is -1.53. The molecule has 250 valence electrons. The van der Waals surface area contributed by atoms with Gasteiger partial charge in [-0.15, -0.1) is 0 Å². The van der Waals surface area contributed by atoms with Gasteiger partial charge in [0.1, 0.15) is 23.4 Å². The van der Waals surface area contributed by atoms with Crippen molar-refractivity contribution in [3.05, 3.63) is 102 Å². The van der Waals surface area contributed by atoms with E-state index in [1.54, 1.807) is 12.1 Å². The van der Waals surface area contributed by atoms with Crippen molar-refractivity contribution < 1.29 is 33.8 Å². The van der Waals surface area contributed by atoms with Crippen molar-refractivity contribution in [3.63, 3.8) is 0 Å². The fraction of sp³-hybridized carbons (Fsp3) is 0.371. The Balaban J connectivity index is 1.58. The lowest BCUT2D eigenvalue weighted by Gasteiger charge is -2.32. The largest absolute Gasteiger partial charge is 0.508 e. The molecule has 0 spiro atoms. The van der Waals surface area contributed by atoms with Gasteiger partial charge in [-0.05, 0) is 35.2 Å². The van der Waals surface area contributed by atoms with Crippen LogP contribution >= 0.6 is 0 Å². The van der Waals surface area contributed by atoms with Crippen molar-refractivity contribution in [1.29, 1.82) is 0 Å². The van der Waals surface area contributed by atoms with Crippen LogP contribution in [0.2, 0.25) is 0 Å². The number of amides is 4. The number of ether oxygens (including phenoxy) is 2. The van der Waals surface area contributed by atoms with Crippen molar-refractivity contribution in [2.75, 3.05) is 14.2 Å². The highest BCUT2D eigenvalue weighted by molar-refractivity contribution is 5.97. The number of methoxy groups -OCH3 is 2. The molecule has 0 bridgehead atoms. The first-order chi connectivity index (χ1) is 22.5. The van der Waals surface area contributed by atoms with Crippen LogP contribution in [0.25, 0.3) is 0 Å². The molecule has 0 aliphatic heterocycles. The summed E-state index contributed by atoms with van der Waals surface area (Å²) in [5.74, 6) is -2.46. The Bertz CT molecular complexity index is 1490. The number of hydrogen-bond donors (Lipinski definition) is 6. The van der Waals surface area contributed by atoms with Crippen LogP contribution in [0.4, 0.5) is 0 Å². The van der Waals surface area contributed by atoms with E-state index in [0.717, 1.165) is 16.7 Å². The highest BCUT2D eigenvalue weighted by Crippen LogP contribution is 2.34. The van der Waals surface area contributed by atoms with Gasteiger partial charge in [0.05, 0.1) is 18.2 Å². The van der Waals surface area contributed by atoms with E-state index in [1.165, 1.54) is 26.4 Å². The Hall–Kier alpha value is -4.78. The van der Waals surface area contributed by atoms with Crippen LogP contribution in [0.3, 0.4) is 0 Å². The van der Waals surface area contributed by atoms with Gasteiger partial charge in [0.15, 0.2) is 0 Å². The molecule has 47 heavy (non-hydrogen) atoms. The van der Waals surface area contributed by atoms with E-state index >= 15 is 0 Å². The lowest BCUT2D eigenvalue weighted by molar-refractivity contribution is -0.137. The van der Waals surface area contributed by atoms with Crippen molar-refractivity contribution >= 4 is 23.6 Å². The lowest BCUT2D eigenvalue weighted by Crippen LogP contribution is -2.64. The minimum Gasteiger partial charge on any atom is -0.508 e. The molecule has 3 aromatic rings. The molecule has 12 nitrogen and oxygen atoms in total. The van der Waals surface area contributed by atoms with Crippen LogP contribution in [0.1, 0.15) is 29.5 Å². The molecule has 0 saturated heterocycles. The number of rotatable bonds is 15. The summed E-state index contributed by atoms with van der Waals surface area (Å²) in [5.41, 5.74) is 12.7. The number of carbonyl (C=O) groups excluding carboxylic acids is 4. The zero-order valence-corrected chi connectivity index (χ0v) is 26.6. The van der Waals surface area contributed by atoms with Crippen LogP contribution in [0, 0.1) is 0 Å². The second-order valence-electron chi connectivity index (χ2n) is 11.9. The molecule has 4 amide bonds. The number of nitrogens with two attached hydrogens (primary N) is 2. The number of phenolic OH excluding ortho intramolecular Hbond substituents is 1. The molecule has 0 unspecified atom stereocenters. The van der Waals surface area contributed by atoms with E-state index in [1.807, 2.05) is 60.7 Å².